The molecule has 0 fully saturated rings. The van der Waals surface area contributed by atoms with Crippen LogP contribution in [0.4, 0.5) is 5.82 Å². The van der Waals surface area contributed by atoms with Crippen molar-refractivity contribution in [2.75, 3.05) is 11.9 Å². The van der Waals surface area contributed by atoms with Crippen LogP contribution in [0.25, 0.3) is 16.8 Å². The Morgan fingerprint density at radius 3 is 2.72 bits per heavy atom. The van der Waals surface area contributed by atoms with Gasteiger partial charge in [0.15, 0.2) is 5.65 Å². The molecular formula is C19H16ClN5. The Morgan fingerprint density at radius 2 is 1.88 bits per heavy atom. The Bertz CT molecular complexity index is 997. The van der Waals surface area contributed by atoms with E-state index >= 15 is 0 Å². The smallest absolute Gasteiger partial charge is 0.165 e. The molecule has 4 rings (SSSR count). The van der Waals surface area contributed by atoms with Crippen molar-refractivity contribution in [3.63, 3.8) is 0 Å². The second kappa shape index (κ2) is 6.91. The van der Waals surface area contributed by atoms with Gasteiger partial charge in [-0.3, -0.25) is 4.98 Å². The summed E-state index contributed by atoms with van der Waals surface area (Å²) in [6.45, 7) is 0.784. The Hall–Kier alpha value is -2.92. The fraction of sp³-hybridized carbons (Fsp3) is 0.105. The van der Waals surface area contributed by atoms with Gasteiger partial charge >= 0.3 is 0 Å². The maximum Gasteiger partial charge on any atom is 0.165 e. The highest BCUT2D eigenvalue weighted by atomic mass is 35.5. The number of hydrogen-bond donors (Lipinski definition) is 1. The third-order valence-corrected chi connectivity index (χ3v) is 4.34. The summed E-state index contributed by atoms with van der Waals surface area (Å²) in [5, 5.41) is 8.59. The standard InChI is InChI=1S/C19H16ClN5/c20-17-6-2-1-5-15(17)16-13-24-25-18(8-11-23-19(16)25)22-10-7-14-4-3-9-21-12-14/h1-6,8-9,11-13,22H,7,10H2. The average Bonchev–Trinajstić information content (AvgIpc) is 3.08. The molecule has 3 aromatic heterocycles. The van der Waals surface area contributed by atoms with Crippen LogP contribution < -0.4 is 5.32 Å². The minimum Gasteiger partial charge on any atom is -0.370 e. The molecule has 124 valence electrons. The SMILES string of the molecule is Clc1ccccc1-c1cnn2c(NCCc3cccnc3)ccnc12. The number of hydrogen-bond acceptors (Lipinski definition) is 4. The van der Waals surface area contributed by atoms with Crippen LogP contribution in [0.1, 0.15) is 5.56 Å². The van der Waals surface area contributed by atoms with E-state index in [1.807, 2.05) is 47.1 Å². The van der Waals surface area contributed by atoms with Crippen LogP contribution in [-0.2, 0) is 6.42 Å². The monoisotopic (exact) mass is 349 g/mol. The van der Waals surface area contributed by atoms with Gasteiger partial charge in [0, 0.05) is 41.3 Å². The number of aromatic nitrogens is 4. The summed E-state index contributed by atoms with van der Waals surface area (Å²) >= 11 is 6.32. The topological polar surface area (TPSA) is 55.1 Å². The van der Waals surface area contributed by atoms with Crippen LogP contribution in [0.2, 0.25) is 5.02 Å². The van der Waals surface area contributed by atoms with Crippen molar-refractivity contribution in [3.8, 4) is 11.1 Å². The van der Waals surface area contributed by atoms with Gasteiger partial charge in [-0.2, -0.15) is 9.61 Å². The Morgan fingerprint density at radius 1 is 0.960 bits per heavy atom. The van der Waals surface area contributed by atoms with Gasteiger partial charge in [0.25, 0.3) is 0 Å². The second-order valence-electron chi connectivity index (χ2n) is 5.64. The maximum absolute atomic E-state index is 6.32. The van der Waals surface area contributed by atoms with E-state index in [1.54, 1.807) is 18.6 Å². The van der Waals surface area contributed by atoms with Gasteiger partial charge < -0.3 is 5.32 Å². The van der Waals surface area contributed by atoms with E-state index in [0.717, 1.165) is 35.6 Å². The molecule has 25 heavy (non-hydrogen) atoms. The highest BCUT2D eigenvalue weighted by Gasteiger charge is 2.12. The van der Waals surface area contributed by atoms with Gasteiger partial charge in [-0.05, 0) is 30.2 Å². The molecule has 3 heterocycles. The molecule has 0 saturated carbocycles. The fourth-order valence-electron chi connectivity index (χ4n) is 2.78. The largest absolute Gasteiger partial charge is 0.370 e. The van der Waals surface area contributed by atoms with Crippen molar-refractivity contribution >= 4 is 23.1 Å². The average molecular weight is 350 g/mol. The molecule has 0 aliphatic carbocycles. The van der Waals surface area contributed by atoms with Gasteiger partial charge in [0.2, 0.25) is 0 Å². The summed E-state index contributed by atoms with van der Waals surface area (Å²) < 4.78 is 1.81. The lowest BCUT2D eigenvalue weighted by atomic mass is 10.1. The third-order valence-electron chi connectivity index (χ3n) is 4.01. The molecular weight excluding hydrogens is 334 g/mol. The summed E-state index contributed by atoms with van der Waals surface area (Å²) in [6, 6.07) is 13.7. The summed E-state index contributed by atoms with van der Waals surface area (Å²) in [4.78, 5) is 8.61. The lowest BCUT2D eigenvalue weighted by Gasteiger charge is -2.08. The molecule has 6 heteroatoms. The van der Waals surface area contributed by atoms with Crippen molar-refractivity contribution in [1.82, 2.24) is 19.6 Å². The zero-order valence-electron chi connectivity index (χ0n) is 13.4. The van der Waals surface area contributed by atoms with Crippen molar-refractivity contribution in [2.24, 2.45) is 0 Å². The lowest BCUT2D eigenvalue weighted by molar-refractivity contribution is 0.911. The highest BCUT2D eigenvalue weighted by molar-refractivity contribution is 6.33. The predicted molar refractivity (Wildman–Crippen MR) is 99.9 cm³/mol. The van der Waals surface area contributed by atoms with Crippen molar-refractivity contribution in [1.29, 1.82) is 0 Å². The predicted octanol–water partition coefficient (Wildman–Crippen LogP) is 4.10. The first-order valence-electron chi connectivity index (χ1n) is 8.03. The molecule has 0 amide bonds. The summed E-state index contributed by atoms with van der Waals surface area (Å²) in [5.41, 5.74) is 3.82. The van der Waals surface area contributed by atoms with Crippen LogP contribution in [0, 0.1) is 0 Å². The van der Waals surface area contributed by atoms with E-state index in [9.17, 15) is 0 Å². The number of anilines is 1. The van der Waals surface area contributed by atoms with Crippen molar-refractivity contribution < 1.29 is 0 Å². The van der Waals surface area contributed by atoms with E-state index in [2.05, 4.69) is 26.4 Å². The van der Waals surface area contributed by atoms with Crippen LogP contribution in [0.15, 0.2) is 67.3 Å². The van der Waals surface area contributed by atoms with Gasteiger partial charge in [0.1, 0.15) is 5.82 Å². The van der Waals surface area contributed by atoms with Gasteiger partial charge in [-0.1, -0.05) is 35.9 Å². The number of rotatable bonds is 5. The van der Waals surface area contributed by atoms with E-state index in [-0.39, 0.29) is 0 Å². The number of pyridine rings is 1. The fourth-order valence-corrected chi connectivity index (χ4v) is 3.01. The summed E-state index contributed by atoms with van der Waals surface area (Å²) in [7, 11) is 0. The first kappa shape index (κ1) is 15.6. The molecule has 5 nitrogen and oxygen atoms in total. The minimum atomic E-state index is 0.689. The summed E-state index contributed by atoms with van der Waals surface area (Å²) in [6.07, 6.45) is 8.13. The summed E-state index contributed by atoms with van der Waals surface area (Å²) in [5.74, 6) is 0.896. The van der Waals surface area contributed by atoms with Gasteiger partial charge in [-0.15, -0.1) is 0 Å². The number of halogens is 1. The van der Waals surface area contributed by atoms with Crippen LogP contribution >= 0.6 is 11.6 Å². The van der Waals surface area contributed by atoms with E-state index in [4.69, 9.17) is 11.6 Å². The van der Waals surface area contributed by atoms with Gasteiger partial charge in [-0.25, -0.2) is 4.98 Å². The normalized spacial score (nSPS) is 10.9. The molecule has 0 spiro atoms. The molecule has 1 aromatic carbocycles. The van der Waals surface area contributed by atoms with Crippen LogP contribution in [0.3, 0.4) is 0 Å². The lowest BCUT2D eigenvalue weighted by Crippen LogP contribution is -2.09. The van der Waals surface area contributed by atoms with Crippen LogP contribution in [0.5, 0.6) is 0 Å². The van der Waals surface area contributed by atoms with E-state index in [0.29, 0.717) is 5.02 Å². The Kier molecular flexibility index (Phi) is 4.31. The van der Waals surface area contributed by atoms with E-state index < -0.39 is 0 Å². The molecule has 0 aliphatic rings. The molecule has 0 atom stereocenters. The molecule has 4 aromatic rings. The molecule has 1 N–H and O–H groups in total. The maximum atomic E-state index is 6.32. The van der Waals surface area contributed by atoms with Crippen molar-refractivity contribution in [2.45, 2.75) is 6.42 Å². The number of nitrogens with zero attached hydrogens (tertiary/aromatic N) is 4. The quantitative estimate of drug-likeness (QED) is 0.589. The minimum absolute atomic E-state index is 0.689. The first-order chi connectivity index (χ1) is 12.3. The number of fused-ring (bicyclic) bond motifs is 1. The third kappa shape index (κ3) is 3.19. The Balaban J connectivity index is 1.60. The van der Waals surface area contributed by atoms with Crippen molar-refractivity contribution in [3.05, 3.63) is 77.8 Å². The first-order valence-corrected chi connectivity index (χ1v) is 8.41. The van der Waals surface area contributed by atoms with E-state index in [1.165, 1.54) is 5.56 Å². The zero-order valence-corrected chi connectivity index (χ0v) is 14.2. The molecule has 0 aliphatic heterocycles. The molecule has 0 unspecified atom stereocenters. The molecule has 0 saturated heterocycles. The van der Waals surface area contributed by atoms with Gasteiger partial charge in [0.05, 0.1) is 6.20 Å². The number of nitrogens with one attached hydrogen (secondary N) is 1. The second-order valence-corrected chi connectivity index (χ2v) is 6.05. The molecule has 0 bridgehead atoms. The van der Waals surface area contributed by atoms with Crippen LogP contribution in [-0.4, -0.2) is 26.1 Å². The molecule has 0 radical (unpaired) electrons. The highest BCUT2D eigenvalue weighted by Crippen LogP contribution is 2.30. The zero-order chi connectivity index (χ0) is 17.1. The Labute approximate surface area is 150 Å². The number of benzene rings is 1.